The number of nitrogens with one attached hydrogen (secondary N) is 1. The maximum absolute atomic E-state index is 14.2. The fraction of sp³-hybridized carbons (Fsp3) is 0.357. The molecule has 3 atom stereocenters. The molecule has 1 N–H and O–H groups in total. The number of hydrogen-bond donors (Lipinski definition) is 1. The van der Waals surface area contributed by atoms with Crippen molar-refractivity contribution in [1.29, 1.82) is 0 Å². The van der Waals surface area contributed by atoms with Gasteiger partial charge in [-0.25, -0.2) is 4.79 Å². The number of carbonyl (C=O) groups is 3. The molecule has 188 valence electrons. The number of aromatic nitrogens is 1. The van der Waals surface area contributed by atoms with Gasteiger partial charge in [-0.3, -0.25) is 14.6 Å². The molecule has 0 fully saturated rings. The lowest BCUT2D eigenvalue weighted by atomic mass is 9.67. The molecule has 0 saturated carbocycles. The Morgan fingerprint density at radius 1 is 1.06 bits per heavy atom. The van der Waals surface area contributed by atoms with Gasteiger partial charge in [0.15, 0.2) is 5.78 Å². The van der Waals surface area contributed by atoms with E-state index in [1.54, 1.807) is 58.3 Å². The van der Waals surface area contributed by atoms with Gasteiger partial charge in [0.2, 0.25) is 0 Å². The normalized spacial score (nSPS) is 21.4. The molecule has 0 radical (unpaired) electrons. The van der Waals surface area contributed by atoms with Crippen LogP contribution in [0.15, 0.2) is 71.2 Å². The van der Waals surface area contributed by atoms with Crippen molar-refractivity contribution in [1.82, 2.24) is 10.3 Å². The van der Waals surface area contributed by atoms with E-state index in [9.17, 15) is 14.4 Å². The molecule has 2 aromatic rings. The summed E-state index contributed by atoms with van der Waals surface area (Å²) < 4.78 is 16.3. The summed E-state index contributed by atoms with van der Waals surface area (Å²) in [6.07, 6.45) is 1.96. The highest BCUT2D eigenvalue weighted by molar-refractivity contribution is 6.13. The van der Waals surface area contributed by atoms with Crippen LogP contribution in [0.25, 0.3) is 0 Å². The highest BCUT2D eigenvalue weighted by atomic mass is 16.5. The Kier molecular flexibility index (Phi) is 7.52. The number of dihydropyridines is 1. The summed E-state index contributed by atoms with van der Waals surface area (Å²) in [6.45, 7) is 5.54. The van der Waals surface area contributed by atoms with Gasteiger partial charge in [0.1, 0.15) is 11.7 Å². The van der Waals surface area contributed by atoms with E-state index in [-0.39, 0.29) is 13.2 Å². The van der Waals surface area contributed by atoms with E-state index in [0.29, 0.717) is 40.4 Å². The van der Waals surface area contributed by atoms with Crippen molar-refractivity contribution >= 4 is 17.7 Å². The van der Waals surface area contributed by atoms with E-state index >= 15 is 0 Å². The van der Waals surface area contributed by atoms with Crippen LogP contribution in [0.3, 0.4) is 0 Å². The van der Waals surface area contributed by atoms with Crippen LogP contribution in [-0.4, -0.2) is 43.0 Å². The van der Waals surface area contributed by atoms with E-state index in [1.165, 1.54) is 0 Å². The van der Waals surface area contributed by atoms with Gasteiger partial charge in [0, 0.05) is 29.1 Å². The number of ether oxygens (including phenoxy) is 3. The first-order valence-corrected chi connectivity index (χ1v) is 12.0. The summed E-state index contributed by atoms with van der Waals surface area (Å²) in [5.74, 6) is -3.33. The van der Waals surface area contributed by atoms with Crippen LogP contribution < -0.4 is 10.1 Å². The van der Waals surface area contributed by atoms with E-state index in [2.05, 4.69) is 10.3 Å². The summed E-state index contributed by atoms with van der Waals surface area (Å²) >= 11 is 0. The lowest BCUT2D eigenvalue weighted by Crippen LogP contribution is -2.43. The maximum atomic E-state index is 14.2. The molecular weight excluding hydrogens is 460 g/mol. The van der Waals surface area contributed by atoms with Crippen molar-refractivity contribution in [3.8, 4) is 5.75 Å². The Balaban J connectivity index is 1.91. The molecule has 0 spiro atoms. The summed E-state index contributed by atoms with van der Waals surface area (Å²) in [6, 6.07) is 12.7. The van der Waals surface area contributed by atoms with Crippen molar-refractivity contribution in [2.24, 2.45) is 5.92 Å². The molecule has 1 aromatic heterocycles. The van der Waals surface area contributed by atoms with E-state index in [0.717, 1.165) is 5.56 Å². The number of nitrogens with zero attached hydrogens (tertiary/aromatic N) is 1. The third kappa shape index (κ3) is 4.51. The highest BCUT2D eigenvalue weighted by Gasteiger charge is 2.49. The SMILES string of the molecule is CCOC(=O)C1=C(C)NC2=C(C(=O)[C@H](C(=O)OCC)[C@@H](c3ccccc3OC)C2)[C@@H]1c1ccccn1. The van der Waals surface area contributed by atoms with Crippen molar-refractivity contribution < 1.29 is 28.6 Å². The quantitative estimate of drug-likeness (QED) is 0.462. The number of methoxy groups -OCH3 is 1. The Bertz CT molecular complexity index is 1230. The van der Waals surface area contributed by atoms with Crippen molar-refractivity contribution in [2.45, 2.75) is 39.0 Å². The molecule has 0 unspecified atom stereocenters. The molecule has 2 aliphatic rings. The molecule has 0 bridgehead atoms. The number of Topliss-reactive ketones (excluding diaryl/α,β-unsaturated/α-hetero) is 1. The van der Waals surface area contributed by atoms with Crippen LogP contribution in [0.4, 0.5) is 0 Å². The molecular formula is C28H30N2O6. The second-order valence-corrected chi connectivity index (χ2v) is 8.61. The van der Waals surface area contributed by atoms with Gasteiger partial charge in [-0.15, -0.1) is 0 Å². The molecule has 36 heavy (non-hydrogen) atoms. The van der Waals surface area contributed by atoms with Gasteiger partial charge in [-0.1, -0.05) is 24.3 Å². The molecule has 2 heterocycles. The van der Waals surface area contributed by atoms with Gasteiger partial charge >= 0.3 is 11.9 Å². The van der Waals surface area contributed by atoms with Gasteiger partial charge in [0.25, 0.3) is 0 Å². The second kappa shape index (κ2) is 10.8. The smallest absolute Gasteiger partial charge is 0.336 e. The van der Waals surface area contributed by atoms with E-state index < -0.39 is 35.5 Å². The minimum absolute atomic E-state index is 0.141. The standard InChI is InChI=1S/C28H30N2O6/c1-5-35-27(32)22-16(3)30-20-15-18(17-11-7-8-13-21(17)34-4)23(28(33)36-6-2)26(31)25(20)24(22)19-12-9-10-14-29-19/h7-14,18,23-24,30H,5-6,15H2,1-4H3/t18-,23-,24-/m1/s1. The summed E-state index contributed by atoms with van der Waals surface area (Å²) in [7, 11) is 1.56. The minimum Gasteiger partial charge on any atom is -0.496 e. The molecule has 1 aliphatic carbocycles. The number of rotatable bonds is 7. The Hall–Kier alpha value is -3.94. The van der Waals surface area contributed by atoms with Gasteiger partial charge in [-0.2, -0.15) is 0 Å². The summed E-state index contributed by atoms with van der Waals surface area (Å²) in [5, 5.41) is 3.28. The molecule has 4 rings (SSSR count). The summed E-state index contributed by atoms with van der Waals surface area (Å²) in [5.41, 5.74) is 3.15. The topological polar surface area (TPSA) is 104 Å². The number of carbonyl (C=O) groups excluding carboxylic acids is 3. The third-order valence-corrected chi connectivity index (χ3v) is 6.58. The van der Waals surface area contributed by atoms with Crippen LogP contribution in [0, 0.1) is 5.92 Å². The Morgan fingerprint density at radius 2 is 1.78 bits per heavy atom. The Labute approximate surface area is 210 Å². The molecule has 8 heteroatoms. The largest absolute Gasteiger partial charge is 0.496 e. The van der Waals surface area contributed by atoms with Crippen LogP contribution in [0.5, 0.6) is 5.75 Å². The average Bonchev–Trinajstić information content (AvgIpc) is 2.88. The van der Waals surface area contributed by atoms with Crippen molar-refractivity contribution in [3.63, 3.8) is 0 Å². The summed E-state index contributed by atoms with van der Waals surface area (Å²) in [4.78, 5) is 45.0. The monoisotopic (exact) mass is 490 g/mol. The van der Waals surface area contributed by atoms with Gasteiger partial charge in [-0.05, 0) is 51.0 Å². The first-order valence-electron chi connectivity index (χ1n) is 12.0. The average molecular weight is 491 g/mol. The highest BCUT2D eigenvalue weighted by Crippen LogP contribution is 2.49. The zero-order valence-electron chi connectivity index (χ0n) is 20.9. The fourth-order valence-corrected chi connectivity index (χ4v) is 5.12. The predicted molar refractivity (Wildman–Crippen MR) is 132 cm³/mol. The number of para-hydroxylation sites is 1. The number of esters is 2. The first kappa shape index (κ1) is 25.2. The lowest BCUT2D eigenvalue weighted by molar-refractivity contribution is -0.152. The van der Waals surface area contributed by atoms with Gasteiger partial charge in [0.05, 0.1) is 37.5 Å². The first-order chi connectivity index (χ1) is 17.4. The van der Waals surface area contributed by atoms with Crippen LogP contribution in [0.2, 0.25) is 0 Å². The zero-order valence-corrected chi connectivity index (χ0v) is 20.9. The van der Waals surface area contributed by atoms with Crippen LogP contribution >= 0.6 is 0 Å². The fourth-order valence-electron chi connectivity index (χ4n) is 5.12. The zero-order chi connectivity index (χ0) is 25.8. The molecule has 8 nitrogen and oxygen atoms in total. The molecule has 1 aliphatic heterocycles. The van der Waals surface area contributed by atoms with Crippen molar-refractivity contribution in [2.75, 3.05) is 20.3 Å². The second-order valence-electron chi connectivity index (χ2n) is 8.61. The van der Waals surface area contributed by atoms with E-state index in [1.807, 2.05) is 18.2 Å². The number of ketones is 1. The van der Waals surface area contributed by atoms with Crippen LogP contribution in [-0.2, 0) is 23.9 Å². The predicted octanol–water partition coefficient (Wildman–Crippen LogP) is 3.80. The minimum atomic E-state index is -1.10. The number of benzene rings is 1. The number of allylic oxidation sites excluding steroid dienone is 3. The lowest BCUT2D eigenvalue weighted by Gasteiger charge is -2.39. The molecule has 0 amide bonds. The van der Waals surface area contributed by atoms with Crippen molar-refractivity contribution in [3.05, 3.63) is 82.5 Å². The van der Waals surface area contributed by atoms with Gasteiger partial charge < -0.3 is 19.5 Å². The molecule has 0 saturated heterocycles. The third-order valence-electron chi connectivity index (χ3n) is 6.58. The molecule has 1 aromatic carbocycles. The number of hydrogen-bond acceptors (Lipinski definition) is 8. The Morgan fingerprint density at radius 3 is 2.44 bits per heavy atom. The van der Waals surface area contributed by atoms with Crippen LogP contribution in [0.1, 0.15) is 50.3 Å². The maximum Gasteiger partial charge on any atom is 0.336 e. The number of pyridine rings is 1. The van der Waals surface area contributed by atoms with E-state index in [4.69, 9.17) is 14.2 Å².